The lowest BCUT2D eigenvalue weighted by atomic mass is 10.2. The molecule has 37 heavy (non-hydrogen) atoms. The van der Waals surface area contributed by atoms with E-state index in [0.717, 1.165) is 11.3 Å². The van der Waals surface area contributed by atoms with Gasteiger partial charge in [0.2, 0.25) is 5.95 Å². The van der Waals surface area contributed by atoms with Gasteiger partial charge in [0.25, 0.3) is 11.6 Å². The monoisotopic (exact) mass is 498 g/mol. The third kappa shape index (κ3) is 6.17. The van der Waals surface area contributed by atoms with Gasteiger partial charge in [-0.05, 0) is 53.6 Å². The quantitative estimate of drug-likeness (QED) is 0.197. The first-order chi connectivity index (χ1) is 17.8. The number of hydrogen-bond acceptors (Lipinski definition) is 8. The Bertz CT molecular complexity index is 1430. The Balaban J connectivity index is 1.61. The lowest BCUT2D eigenvalue weighted by Crippen LogP contribution is -2.14. The first kappa shape index (κ1) is 25.1. The molecule has 1 N–H and O–H groups in total. The largest absolute Gasteiger partial charge is 0.497 e. The lowest BCUT2D eigenvalue weighted by molar-refractivity contribution is -0.384. The number of nitro groups is 1. The van der Waals surface area contributed by atoms with Gasteiger partial charge in [0.1, 0.15) is 5.75 Å². The van der Waals surface area contributed by atoms with E-state index in [2.05, 4.69) is 15.4 Å². The number of rotatable bonds is 9. The van der Waals surface area contributed by atoms with Crippen LogP contribution in [0, 0.1) is 10.1 Å². The third-order valence-electron chi connectivity index (χ3n) is 5.57. The fraction of sp³-hybridized carbons (Fsp3) is 0.148. The molecule has 0 saturated heterocycles. The summed E-state index contributed by atoms with van der Waals surface area (Å²) in [4.78, 5) is 30.2. The molecule has 0 radical (unpaired) electrons. The number of aromatic nitrogens is 3. The Kier molecular flexibility index (Phi) is 7.58. The molecule has 10 heteroatoms. The highest BCUT2D eigenvalue weighted by Gasteiger charge is 2.16. The van der Waals surface area contributed by atoms with Crippen molar-refractivity contribution >= 4 is 29.3 Å². The summed E-state index contributed by atoms with van der Waals surface area (Å²) in [6.45, 7) is 0.427. The SMILES string of the molecule is COc1ccc(-c2nc(NCc3ccc(N(C)C)cc3)n(C(=O)C=Cc3cccc([N+](=O)[O-])c3)n2)cc1. The first-order valence-electron chi connectivity index (χ1n) is 11.4. The summed E-state index contributed by atoms with van der Waals surface area (Å²) < 4.78 is 6.40. The van der Waals surface area contributed by atoms with Crippen molar-refractivity contribution < 1.29 is 14.5 Å². The number of carbonyl (C=O) groups excluding carboxylic acids is 1. The van der Waals surface area contributed by atoms with E-state index in [4.69, 9.17) is 4.74 Å². The van der Waals surface area contributed by atoms with E-state index in [1.807, 2.05) is 55.4 Å². The maximum Gasteiger partial charge on any atom is 0.274 e. The van der Waals surface area contributed by atoms with Crippen molar-refractivity contribution in [2.75, 3.05) is 31.4 Å². The summed E-state index contributed by atoms with van der Waals surface area (Å²) in [5.41, 5.74) is 3.27. The molecule has 0 amide bonds. The second-order valence-corrected chi connectivity index (χ2v) is 8.34. The highest BCUT2D eigenvalue weighted by atomic mass is 16.6. The Hall–Kier alpha value is -4.99. The fourth-order valence-corrected chi connectivity index (χ4v) is 3.52. The molecule has 0 aliphatic carbocycles. The van der Waals surface area contributed by atoms with Crippen LogP contribution in [-0.4, -0.2) is 46.8 Å². The number of nitrogens with one attached hydrogen (secondary N) is 1. The van der Waals surface area contributed by atoms with Gasteiger partial charge in [-0.3, -0.25) is 14.9 Å². The maximum absolute atomic E-state index is 13.1. The van der Waals surface area contributed by atoms with Crippen LogP contribution in [0.1, 0.15) is 15.9 Å². The Morgan fingerprint density at radius 1 is 1.11 bits per heavy atom. The van der Waals surface area contributed by atoms with Gasteiger partial charge < -0.3 is 15.0 Å². The molecule has 0 atom stereocenters. The van der Waals surface area contributed by atoms with E-state index in [1.54, 1.807) is 31.4 Å². The van der Waals surface area contributed by atoms with Crippen LogP contribution in [0.15, 0.2) is 78.9 Å². The van der Waals surface area contributed by atoms with E-state index in [-0.39, 0.29) is 11.6 Å². The van der Waals surface area contributed by atoms with Crippen LogP contribution in [0.25, 0.3) is 17.5 Å². The zero-order valence-electron chi connectivity index (χ0n) is 20.7. The van der Waals surface area contributed by atoms with Gasteiger partial charge in [-0.25, -0.2) is 0 Å². The molecular formula is C27H26N6O4. The van der Waals surface area contributed by atoms with Crippen LogP contribution in [0.3, 0.4) is 0 Å². The van der Waals surface area contributed by atoms with Gasteiger partial charge in [-0.2, -0.15) is 9.67 Å². The van der Waals surface area contributed by atoms with Crippen molar-refractivity contribution in [3.63, 3.8) is 0 Å². The molecule has 1 heterocycles. The molecule has 0 unspecified atom stereocenters. The summed E-state index contributed by atoms with van der Waals surface area (Å²) in [6.07, 6.45) is 2.82. The Labute approximate surface area is 214 Å². The molecule has 188 valence electrons. The molecule has 4 rings (SSSR count). The second-order valence-electron chi connectivity index (χ2n) is 8.34. The normalized spacial score (nSPS) is 10.9. The van der Waals surface area contributed by atoms with Crippen LogP contribution in [0.5, 0.6) is 5.75 Å². The fourth-order valence-electron chi connectivity index (χ4n) is 3.52. The summed E-state index contributed by atoms with van der Waals surface area (Å²) in [5.74, 6) is 0.879. The van der Waals surface area contributed by atoms with Gasteiger partial charge in [0.05, 0.1) is 12.0 Å². The van der Waals surface area contributed by atoms with Gasteiger partial charge in [0.15, 0.2) is 5.82 Å². The Morgan fingerprint density at radius 3 is 2.49 bits per heavy atom. The number of nitro benzene ring substituents is 1. The molecule has 4 aromatic rings. The minimum atomic E-state index is -0.481. The van der Waals surface area contributed by atoms with E-state index in [0.29, 0.717) is 29.2 Å². The molecule has 0 bridgehead atoms. The summed E-state index contributed by atoms with van der Waals surface area (Å²) in [6, 6.07) is 21.3. The van der Waals surface area contributed by atoms with E-state index >= 15 is 0 Å². The number of hydrogen-bond donors (Lipinski definition) is 1. The van der Waals surface area contributed by atoms with Gasteiger partial charge in [-0.1, -0.05) is 24.3 Å². The van der Waals surface area contributed by atoms with Crippen molar-refractivity contribution in [2.45, 2.75) is 6.54 Å². The van der Waals surface area contributed by atoms with E-state index in [1.165, 1.54) is 29.0 Å². The van der Waals surface area contributed by atoms with Crippen LogP contribution < -0.4 is 15.0 Å². The maximum atomic E-state index is 13.1. The summed E-state index contributed by atoms with van der Waals surface area (Å²) in [5, 5.41) is 18.7. The summed E-state index contributed by atoms with van der Waals surface area (Å²) >= 11 is 0. The number of methoxy groups -OCH3 is 1. The minimum Gasteiger partial charge on any atom is -0.497 e. The van der Waals surface area contributed by atoms with Crippen LogP contribution in [-0.2, 0) is 6.54 Å². The first-order valence-corrected chi connectivity index (χ1v) is 11.4. The highest BCUT2D eigenvalue weighted by molar-refractivity contribution is 5.95. The number of nitrogens with zero attached hydrogens (tertiary/aromatic N) is 5. The molecule has 3 aromatic carbocycles. The number of anilines is 2. The predicted octanol–water partition coefficient (Wildman–Crippen LogP) is 4.89. The van der Waals surface area contributed by atoms with Gasteiger partial charge in [0, 0.05) is 50.1 Å². The zero-order valence-corrected chi connectivity index (χ0v) is 20.7. The van der Waals surface area contributed by atoms with Crippen LogP contribution >= 0.6 is 0 Å². The van der Waals surface area contributed by atoms with Crippen LogP contribution in [0.4, 0.5) is 17.3 Å². The number of carbonyl (C=O) groups is 1. The standard InChI is InChI=1S/C27H26N6O4/c1-31(2)22-12-7-20(8-13-22)18-28-27-29-26(21-10-14-24(37-3)15-11-21)30-32(27)25(34)16-9-19-5-4-6-23(17-19)33(35)36/h4-17H,18H2,1-3H3,(H,28,29,30). The molecule has 1 aromatic heterocycles. The number of ether oxygens (including phenoxy) is 1. The average molecular weight is 499 g/mol. The number of non-ortho nitro benzene ring substituents is 1. The molecule has 0 spiro atoms. The molecule has 0 aliphatic rings. The van der Waals surface area contributed by atoms with Gasteiger partial charge in [-0.15, -0.1) is 5.10 Å². The van der Waals surface area contributed by atoms with Crippen molar-refractivity contribution in [2.24, 2.45) is 0 Å². The van der Waals surface area contributed by atoms with Crippen molar-refractivity contribution in [3.8, 4) is 17.1 Å². The van der Waals surface area contributed by atoms with Crippen LogP contribution in [0.2, 0.25) is 0 Å². The number of allylic oxidation sites excluding steroid dienone is 1. The summed E-state index contributed by atoms with van der Waals surface area (Å²) in [7, 11) is 5.54. The number of benzene rings is 3. The van der Waals surface area contributed by atoms with Crippen molar-refractivity contribution in [3.05, 3.63) is 100 Å². The molecular weight excluding hydrogens is 472 g/mol. The topological polar surface area (TPSA) is 115 Å². The predicted molar refractivity (Wildman–Crippen MR) is 143 cm³/mol. The smallest absolute Gasteiger partial charge is 0.274 e. The van der Waals surface area contributed by atoms with Crippen molar-refractivity contribution in [1.29, 1.82) is 0 Å². The highest BCUT2D eigenvalue weighted by Crippen LogP contribution is 2.22. The molecule has 10 nitrogen and oxygen atoms in total. The van der Waals surface area contributed by atoms with Crippen molar-refractivity contribution in [1.82, 2.24) is 14.8 Å². The zero-order chi connectivity index (χ0) is 26.4. The molecule has 0 fully saturated rings. The Morgan fingerprint density at radius 2 is 1.84 bits per heavy atom. The van der Waals surface area contributed by atoms with Gasteiger partial charge >= 0.3 is 0 Å². The van der Waals surface area contributed by atoms with E-state index < -0.39 is 10.8 Å². The average Bonchev–Trinajstić information content (AvgIpc) is 3.35. The molecule has 0 aliphatic heterocycles. The van der Waals surface area contributed by atoms with E-state index in [9.17, 15) is 14.9 Å². The molecule has 0 saturated carbocycles. The lowest BCUT2D eigenvalue weighted by Gasteiger charge is -2.13. The minimum absolute atomic E-state index is 0.0558. The second kappa shape index (κ2) is 11.2. The third-order valence-corrected chi connectivity index (χ3v) is 5.57.